The Hall–Kier alpha value is -1.96. The molecule has 0 fully saturated rings. The van der Waals surface area contributed by atoms with E-state index >= 15 is 0 Å². The lowest BCUT2D eigenvalue weighted by Crippen LogP contribution is -2.37. The predicted octanol–water partition coefficient (Wildman–Crippen LogP) is 0.677. The van der Waals surface area contributed by atoms with Crippen LogP contribution in [0.3, 0.4) is 0 Å². The third-order valence-electron chi connectivity index (χ3n) is 2.04. The van der Waals surface area contributed by atoms with Crippen LogP contribution in [0, 0.1) is 0 Å². The van der Waals surface area contributed by atoms with Crippen LogP contribution in [0.25, 0.3) is 0 Å². The minimum Gasteiger partial charge on any atom is -0.475 e. The van der Waals surface area contributed by atoms with E-state index in [1.165, 1.54) is 0 Å². The normalized spacial score (nSPS) is 10.7. The fourth-order valence-corrected chi connectivity index (χ4v) is 1.29. The molecule has 0 saturated carbocycles. The molecular formula is C10H11F2NO5. The number of halogens is 2. The van der Waals surface area contributed by atoms with Gasteiger partial charge in [0.25, 0.3) is 12.3 Å². The van der Waals surface area contributed by atoms with Crippen LogP contribution in [-0.4, -0.2) is 53.1 Å². The molecule has 0 aliphatic rings. The average Bonchev–Trinajstić information content (AvgIpc) is 2.76. The van der Waals surface area contributed by atoms with Crippen molar-refractivity contribution in [3.63, 3.8) is 0 Å². The summed E-state index contributed by atoms with van der Waals surface area (Å²) in [6.07, 6.45) is -2.76. The number of carbonyl (C=O) groups excluding carboxylic acids is 1. The van der Waals surface area contributed by atoms with Crippen molar-refractivity contribution in [3.8, 4) is 0 Å². The molecule has 1 aromatic heterocycles. The second kappa shape index (κ2) is 6.10. The molecule has 8 heteroatoms. The summed E-state index contributed by atoms with van der Waals surface area (Å²) < 4.78 is 29.1. The van der Waals surface area contributed by atoms with E-state index in [9.17, 15) is 18.4 Å². The number of carbonyl (C=O) groups is 2. The molecular weight excluding hydrogens is 252 g/mol. The van der Waals surface area contributed by atoms with Gasteiger partial charge >= 0.3 is 5.97 Å². The van der Waals surface area contributed by atoms with Crippen molar-refractivity contribution < 1.29 is 33.0 Å². The first kappa shape index (κ1) is 14.1. The highest BCUT2D eigenvalue weighted by Gasteiger charge is 2.23. The van der Waals surface area contributed by atoms with Gasteiger partial charge in [-0.25, -0.2) is 13.6 Å². The Kier molecular flexibility index (Phi) is 4.78. The van der Waals surface area contributed by atoms with E-state index in [0.717, 1.165) is 12.1 Å². The number of amides is 1. The van der Waals surface area contributed by atoms with E-state index in [-0.39, 0.29) is 12.3 Å². The zero-order chi connectivity index (χ0) is 13.7. The van der Waals surface area contributed by atoms with Crippen LogP contribution in [0.15, 0.2) is 16.5 Å². The molecule has 0 aromatic carbocycles. The lowest BCUT2D eigenvalue weighted by molar-refractivity contribution is 0.0477. The minimum absolute atomic E-state index is 0.285. The first-order valence-corrected chi connectivity index (χ1v) is 4.97. The first-order valence-electron chi connectivity index (χ1n) is 4.97. The summed E-state index contributed by atoms with van der Waals surface area (Å²) in [5, 5.41) is 17.3. The van der Waals surface area contributed by atoms with Gasteiger partial charge in [-0.3, -0.25) is 4.79 Å². The molecule has 0 aliphatic heterocycles. The number of carboxylic acid groups (broad SMARTS) is 1. The van der Waals surface area contributed by atoms with E-state index in [4.69, 9.17) is 14.6 Å². The standard InChI is InChI=1S/C10H11F2NO5/c11-8(12)5-13(3-4-14)9(15)6-1-2-7(18-6)10(16)17/h1-2,8,14H,3-5H2,(H,16,17). The van der Waals surface area contributed by atoms with Gasteiger partial charge < -0.3 is 19.5 Å². The van der Waals surface area contributed by atoms with E-state index < -0.39 is 37.2 Å². The summed E-state index contributed by atoms with van der Waals surface area (Å²) in [5.74, 6) is -3.07. The number of aliphatic hydroxyl groups is 1. The maximum atomic E-state index is 12.2. The number of furan rings is 1. The maximum absolute atomic E-state index is 12.2. The summed E-state index contributed by atoms with van der Waals surface area (Å²) in [6, 6.07) is 2.14. The molecule has 6 nitrogen and oxygen atoms in total. The monoisotopic (exact) mass is 263 g/mol. The highest BCUT2D eigenvalue weighted by atomic mass is 19.3. The summed E-state index contributed by atoms with van der Waals surface area (Å²) >= 11 is 0. The highest BCUT2D eigenvalue weighted by molar-refractivity contribution is 5.93. The van der Waals surface area contributed by atoms with Gasteiger partial charge in [0.05, 0.1) is 13.2 Å². The van der Waals surface area contributed by atoms with Crippen LogP contribution in [0.4, 0.5) is 8.78 Å². The topological polar surface area (TPSA) is 91.0 Å². The Balaban J connectivity index is 2.83. The Morgan fingerprint density at radius 1 is 1.33 bits per heavy atom. The maximum Gasteiger partial charge on any atom is 0.371 e. The molecule has 100 valence electrons. The van der Waals surface area contributed by atoms with Crippen molar-refractivity contribution in [2.75, 3.05) is 19.7 Å². The molecule has 0 radical (unpaired) electrons. The van der Waals surface area contributed by atoms with E-state index in [0.29, 0.717) is 4.90 Å². The molecule has 0 unspecified atom stereocenters. The van der Waals surface area contributed by atoms with Gasteiger partial charge in [0.15, 0.2) is 5.76 Å². The molecule has 1 heterocycles. The van der Waals surface area contributed by atoms with Crippen molar-refractivity contribution in [1.82, 2.24) is 4.90 Å². The van der Waals surface area contributed by atoms with Gasteiger partial charge in [-0.05, 0) is 12.1 Å². The Bertz CT molecular complexity index is 432. The van der Waals surface area contributed by atoms with Crippen LogP contribution in [-0.2, 0) is 0 Å². The highest BCUT2D eigenvalue weighted by Crippen LogP contribution is 2.12. The minimum atomic E-state index is -2.76. The Morgan fingerprint density at radius 3 is 2.39 bits per heavy atom. The molecule has 18 heavy (non-hydrogen) atoms. The van der Waals surface area contributed by atoms with Gasteiger partial charge in [-0.2, -0.15) is 0 Å². The predicted molar refractivity (Wildman–Crippen MR) is 54.7 cm³/mol. The van der Waals surface area contributed by atoms with Crippen molar-refractivity contribution in [2.24, 2.45) is 0 Å². The number of carboxylic acids is 1. The zero-order valence-corrected chi connectivity index (χ0v) is 9.18. The number of aromatic carboxylic acids is 1. The average molecular weight is 263 g/mol. The summed E-state index contributed by atoms with van der Waals surface area (Å²) in [6.45, 7) is -1.63. The summed E-state index contributed by atoms with van der Waals surface area (Å²) in [4.78, 5) is 22.9. The van der Waals surface area contributed by atoms with Gasteiger partial charge in [0, 0.05) is 6.54 Å². The number of aliphatic hydroxyl groups excluding tert-OH is 1. The molecule has 0 spiro atoms. The van der Waals surface area contributed by atoms with Crippen LogP contribution in [0.2, 0.25) is 0 Å². The fraction of sp³-hybridized carbons (Fsp3) is 0.400. The lowest BCUT2D eigenvalue weighted by atomic mass is 10.3. The summed E-state index contributed by atoms with van der Waals surface area (Å²) in [5.41, 5.74) is 0. The smallest absolute Gasteiger partial charge is 0.371 e. The van der Waals surface area contributed by atoms with Crippen LogP contribution < -0.4 is 0 Å². The largest absolute Gasteiger partial charge is 0.475 e. The third-order valence-corrected chi connectivity index (χ3v) is 2.04. The lowest BCUT2D eigenvalue weighted by Gasteiger charge is -2.19. The van der Waals surface area contributed by atoms with Crippen molar-refractivity contribution in [1.29, 1.82) is 0 Å². The van der Waals surface area contributed by atoms with Gasteiger partial charge in [0.1, 0.15) is 0 Å². The molecule has 0 saturated heterocycles. The fourth-order valence-electron chi connectivity index (χ4n) is 1.29. The first-order chi connectivity index (χ1) is 8.45. The van der Waals surface area contributed by atoms with Crippen molar-refractivity contribution in [2.45, 2.75) is 6.43 Å². The van der Waals surface area contributed by atoms with Gasteiger partial charge in [0.2, 0.25) is 5.76 Å². The quantitative estimate of drug-likeness (QED) is 0.787. The van der Waals surface area contributed by atoms with Crippen LogP contribution in [0.1, 0.15) is 21.1 Å². The molecule has 1 amide bonds. The molecule has 0 aliphatic carbocycles. The van der Waals surface area contributed by atoms with E-state index in [2.05, 4.69) is 0 Å². The number of alkyl halides is 2. The number of hydrogen-bond acceptors (Lipinski definition) is 4. The molecule has 1 rings (SSSR count). The molecule has 2 N–H and O–H groups in total. The second-order valence-corrected chi connectivity index (χ2v) is 3.33. The molecule has 0 atom stereocenters. The van der Waals surface area contributed by atoms with Crippen LogP contribution in [0.5, 0.6) is 0 Å². The zero-order valence-electron chi connectivity index (χ0n) is 9.18. The Labute approximate surface area is 100 Å². The van der Waals surface area contributed by atoms with Gasteiger partial charge in [-0.15, -0.1) is 0 Å². The molecule has 0 bridgehead atoms. The van der Waals surface area contributed by atoms with Crippen molar-refractivity contribution >= 4 is 11.9 Å². The molecule has 1 aromatic rings. The Morgan fingerprint density at radius 2 is 1.94 bits per heavy atom. The van der Waals surface area contributed by atoms with Crippen molar-refractivity contribution in [3.05, 3.63) is 23.7 Å². The summed E-state index contributed by atoms with van der Waals surface area (Å²) in [7, 11) is 0. The third kappa shape index (κ3) is 3.52. The second-order valence-electron chi connectivity index (χ2n) is 3.33. The number of nitrogens with zero attached hydrogens (tertiary/aromatic N) is 1. The van der Waals surface area contributed by atoms with Gasteiger partial charge in [-0.1, -0.05) is 0 Å². The van der Waals surface area contributed by atoms with E-state index in [1.54, 1.807) is 0 Å². The number of rotatable bonds is 6. The van der Waals surface area contributed by atoms with Crippen LogP contribution >= 0.6 is 0 Å². The number of hydrogen-bond donors (Lipinski definition) is 2. The SMILES string of the molecule is O=C(O)c1ccc(C(=O)N(CCO)CC(F)F)o1. The van der Waals surface area contributed by atoms with E-state index in [1.807, 2.05) is 0 Å².